The molecule has 4 aliphatic carbocycles. The number of carbonyl (C=O) groups is 1. The molecule has 4 bridgehead atoms. The number of nitrogens with one attached hydrogen (secondary N) is 1. The van der Waals surface area contributed by atoms with E-state index in [9.17, 15) is 4.79 Å². The minimum atomic E-state index is -0.183. The fourth-order valence-electron chi connectivity index (χ4n) is 6.57. The van der Waals surface area contributed by atoms with Crippen LogP contribution in [0.4, 0.5) is 5.69 Å². The van der Waals surface area contributed by atoms with E-state index >= 15 is 0 Å². The van der Waals surface area contributed by atoms with Gasteiger partial charge in [0.05, 0.1) is 5.41 Å². The summed E-state index contributed by atoms with van der Waals surface area (Å²) in [6.45, 7) is 2.15. The maximum Gasteiger partial charge on any atom is 0.230 e. The Hall–Kier alpha value is -1.36. The molecule has 0 radical (unpaired) electrons. The van der Waals surface area contributed by atoms with Gasteiger partial charge in [-0.2, -0.15) is 0 Å². The Balaban J connectivity index is 1.46. The summed E-state index contributed by atoms with van der Waals surface area (Å²) >= 11 is 2.30. The first-order chi connectivity index (χ1) is 13.0. The van der Waals surface area contributed by atoms with Gasteiger partial charge in [0, 0.05) is 9.26 Å². The quantitative estimate of drug-likeness (QED) is 0.541. The van der Waals surface area contributed by atoms with E-state index < -0.39 is 0 Å². The second-order valence-corrected chi connectivity index (χ2v) is 10.6. The number of aryl methyl sites for hydroxylation is 1. The zero-order chi connectivity index (χ0) is 18.6. The number of carbonyl (C=O) groups excluding carboxylic acids is 1. The molecule has 0 unspecified atom stereocenters. The van der Waals surface area contributed by atoms with Crippen molar-refractivity contribution in [2.45, 2.75) is 50.9 Å². The van der Waals surface area contributed by atoms with Crippen molar-refractivity contribution in [3.8, 4) is 0 Å². The van der Waals surface area contributed by atoms with E-state index in [-0.39, 0.29) is 16.7 Å². The van der Waals surface area contributed by atoms with E-state index in [0.29, 0.717) is 11.8 Å². The number of hydrogen-bond donors (Lipinski definition) is 1. The molecule has 4 fully saturated rings. The smallest absolute Gasteiger partial charge is 0.230 e. The summed E-state index contributed by atoms with van der Waals surface area (Å²) in [4.78, 5) is 13.5. The lowest BCUT2D eigenvalue weighted by Gasteiger charge is -2.61. The molecule has 0 aromatic heterocycles. The van der Waals surface area contributed by atoms with E-state index in [1.165, 1.54) is 34.0 Å². The maximum absolute atomic E-state index is 13.5. The van der Waals surface area contributed by atoms with Gasteiger partial charge in [0.2, 0.25) is 5.91 Å². The molecule has 2 aromatic rings. The van der Waals surface area contributed by atoms with Gasteiger partial charge in [0.25, 0.3) is 0 Å². The van der Waals surface area contributed by atoms with E-state index in [1.807, 2.05) is 12.1 Å². The van der Waals surface area contributed by atoms with Crippen LogP contribution < -0.4 is 5.32 Å². The van der Waals surface area contributed by atoms with Gasteiger partial charge < -0.3 is 5.32 Å². The first-order valence-electron chi connectivity index (χ1n) is 10.1. The van der Waals surface area contributed by atoms with Crippen LogP contribution in [0.1, 0.15) is 49.7 Å². The second kappa shape index (κ2) is 6.33. The molecule has 1 N–H and O–H groups in total. The summed E-state index contributed by atoms with van der Waals surface area (Å²) in [5.74, 6) is 1.67. The third-order valence-corrected chi connectivity index (χ3v) is 8.03. The van der Waals surface area contributed by atoms with Gasteiger partial charge in [-0.25, -0.2) is 0 Å². The molecule has 4 aliphatic rings. The predicted octanol–water partition coefficient (Wildman–Crippen LogP) is 6.08. The van der Waals surface area contributed by atoms with Crippen LogP contribution in [0, 0.1) is 27.7 Å². The Morgan fingerprint density at radius 1 is 0.963 bits per heavy atom. The average molecular weight is 471 g/mol. The predicted molar refractivity (Wildman–Crippen MR) is 118 cm³/mol. The highest BCUT2D eigenvalue weighted by Crippen LogP contribution is 2.66. The Labute approximate surface area is 175 Å². The minimum absolute atomic E-state index is 0.183. The SMILES string of the molecule is Cc1ccc(C23C[C@H]4C[C@@H](CC(C(=O)Nc5ccc(I)cc5)(C4)C2)C3)cc1. The maximum atomic E-state index is 13.5. The average Bonchev–Trinajstić information content (AvgIpc) is 2.63. The first kappa shape index (κ1) is 17.7. The van der Waals surface area contributed by atoms with E-state index in [2.05, 4.69) is 71.2 Å². The van der Waals surface area contributed by atoms with Crippen molar-refractivity contribution in [2.24, 2.45) is 17.3 Å². The van der Waals surface area contributed by atoms with Crippen molar-refractivity contribution in [2.75, 3.05) is 5.32 Å². The van der Waals surface area contributed by atoms with Gasteiger partial charge in [0.1, 0.15) is 0 Å². The molecule has 0 heterocycles. The van der Waals surface area contributed by atoms with Gasteiger partial charge in [-0.1, -0.05) is 29.8 Å². The third kappa shape index (κ3) is 3.02. The molecule has 3 heteroatoms. The number of amides is 1. The molecule has 0 spiro atoms. The number of anilines is 1. The summed E-state index contributed by atoms with van der Waals surface area (Å²) in [6.07, 6.45) is 7.04. The van der Waals surface area contributed by atoms with Gasteiger partial charge in [-0.3, -0.25) is 4.79 Å². The van der Waals surface area contributed by atoms with Crippen molar-refractivity contribution < 1.29 is 4.79 Å². The lowest BCUT2D eigenvalue weighted by Crippen LogP contribution is -2.57. The van der Waals surface area contributed by atoms with Crippen LogP contribution in [-0.2, 0) is 10.2 Å². The zero-order valence-corrected chi connectivity index (χ0v) is 18.0. The molecule has 4 saturated carbocycles. The molecular formula is C24H26INO. The first-order valence-corrected chi connectivity index (χ1v) is 11.2. The molecule has 6 rings (SSSR count). The number of halogens is 1. The summed E-state index contributed by atoms with van der Waals surface area (Å²) < 4.78 is 1.19. The molecule has 140 valence electrons. The highest BCUT2D eigenvalue weighted by Gasteiger charge is 2.60. The molecule has 2 atom stereocenters. The highest BCUT2D eigenvalue weighted by molar-refractivity contribution is 14.1. The Kier molecular flexibility index (Phi) is 4.15. The lowest BCUT2D eigenvalue weighted by molar-refractivity contribution is -0.143. The summed E-state index contributed by atoms with van der Waals surface area (Å²) in [5, 5.41) is 3.26. The molecule has 0 saturated heterocycles. The lowest BCUT2D eigenvalue weighted by atomic mass is 9.42. The van der Waals surface area contributed by atoms with Gasteiger partial charge in [-0.05, 0) is 115 Å². The molecule has 2 aromatic carbocycles. The largest absolute Gasteiger partial charge is 0.326 e. The van der Waals surface area contributed by atoms with Crippen molar-refractivity contribution in [1.29, 1.82) is 0 Å². The Morgan fingerprint density at radius 3 is 2.22 bits per heavy atom. The Bertz CT molecular complexity index is 856. The number of hydrogen-bond acceptors (Lipinski definition) is 1. The summed E-state index contributed by atoms with van der Waals surface area (Å²) in [6, 6.07) is 17.3. The molecule has 0 aliphatic heterocycles. The number of benzene rings is 2. The highest BCUT2D eigenvalue weighted by atomic mass is 127. The second-order valence-electron chi connectivity index (χ2n) is 9.35. The summed E-state index contributed by atoms with van der Waals surface area (Å²) in [5.41, 5.74) is 3.74. The normalized spacial score (nSPS) is 33.9. The van der Waals surface area contributed by atoms with E-state index in [1.54, 1.807) is 0 Å². The number of rotatable bonds is 3. The third-order valence-electron chi connectivity index (χ3n) is 7.31. The van der Waals surface area contributed by atoms with Gasteiger partial charge in [-0.15, -0.1) is 0 Å². The van der Waals surface area contributed by atoms with Crippen LogP contribution >= 0.6 is 22.6 Å². The fraction of sp³-hybridized carbons (Fsp3) is 0.458. The van der Waals surface area contributed by atoms with E-state index in [0.717, 1.165) is 24.9 Å². The van der Waals surface area contributed by atoms with Gasteiger partial charge >= 0.3 is 0 Å². The van der Waals surface area contributed by atoms with Crippen LogP contribution in [0.2, 0.25) is 0 Å². The van der Waals surface area contributed by atoms with Crippen molar-refractivity contribution in [3.05, 3.63) is 63.2 Å². The molecule has 1 amide bonds. The zero-order valence-electron chi connectivity index (χ0n) is 15.8. The van der Waals surface area contributed by atoms with Crippen molar-refractivity contribution >= 4 is 34.2 Å². The minimum Gasteiger partial charge on any atom is -0.326 e. The van der Waals surface area contributed by atoms with Crippen LogP contribution in [0.15, 0.2) is 48.5 Å². The van der Waals surface area contributed by atoms with Crippen molar-refractivity contribution in [1.82, 2.24) is 0 Å². The van der Waals surface area contributed by atoms with Crippen LogP contribution in [-0.4, -0.2) is 5.91 Å². The molecule has 27 heavy (non-hydrogen) atoms. The van der Waals surface area contributed by atoms with Crippen molar-refractivity contribution in [3.63, 3.8) is 0 Å². The summed E-state index contributed by atoms with van der Waals surface area (Å²) in [7, 11) is 0. The van der Waals surface area contributed by atoms with Crippen LogP contribution in [0.3, 0.4) is 0 Å². The monoisotopic (exact) mass is 471 g/mol. The van der Waals surface area contributed by atoms with E-state index in [4.69, 9.17) is 0 Å². The standard InChI is InChI=1S/C24H26INO/c1-16-2-4-19(5-3-16)23-11-17-10-18(12-23)14-24(13-17,15-23)22(27)26-21-8-6-20(25)7-9-21/h2-9,17-18H,10-15H2,1H3,(H,26,27)/t17-,18-,23?,24?/m1/s1. The topological polar surface area (TPSA) is 29.1 Å². The van der Waals surface area contributed by atoms with Gasteiger partial charge in [0.15, 0.2) is 0 Å². The fourth-order valence-corrected chi connectivity index (χ4v) is 6.93. The molecule has 2 nitrogen and oxygen atoms in total. The molecular weight excluding hydrogens is 445 g/mol. The van der Waals surface area contributed by atoms with Crippen LogP contribution in [0.5, 0.6) is 0 Å². The van der Waals surface area contributed by atoms with Crippen LogP contribution in [0.25, 0.3) is 0 Å². The Morgan fingerprint density at radius 2 is 1.59 bits per heavy atom.